The van der Waals surface area contributed by atoms with Crippen LogP contribution >= 0.6 is 0 Å². The Morgan fingerprint density at radius 2 is 2.19 bits per heavy atom. The summed E-state index contributed by atoms with van der Waals surface area (Å²) in [5.74, 6) is -0.234. The van der Waals surface area contributed by atoms with Crippen LogP contribution < -0.4 is 9.64 Å². The van der Waals surface area contributed by atoms with E-state index in [1.54, 1.807) is 17.7 Å². The van der Waals surface area contributed by atoms with E-state index in [0.717, 1.165) is 25.1 Å². The third-order valence-corrected chi connectivity index (χ3v) is 3.44. The van der Waals surface area contributed by atoms with Crippen molar-refractivity contribution in [2.45, 2.75) is 18.4 Å². The zero-order chi connectivity index (χ0) is 11.5. The van der Waals surface area contributed by atoms with Gasteiger partial charge in [0.1, 0.15) is 17.0 Å². The number of aromatic nitrogens is 1. The lowest BCUT2D eigenvalue weighted by molar-refractivity contribution is 0.0683. The normalized spacial score (nSPS) is 20.5. The molecule has 5 nitrogen and oxygen atoms in total. The number of carboxylic acid groups (broad SMARTS) is 1. The monoisotopic (exact) mass is 222 g/mol. The van der Waals surface area contributed by atoms with Crippen LogP contribution in [0, 0.1) is 0 Å². The number of carbonyl (C=O) groups is 1. The zero-order valence-electron chi connectivity index (χ0n) is 9.36. The van der Waals surface area contributed by atoms with Crippen LogP contribution in [-0.2, 0) is 7.05 Å². The lowest BCUT2D eigenvalue weighted by Crippen LogP contribution is -2.39. The summed E-state index contributed by atoms with van der Waals surface area (Å²) in [7, 11) is 3.71. The predicted octanol–water partition coefficient (Wildman–Crippen LogP) is 1.08. The molecule has 1 aromatic heterocycles. The average Bonchev–Trinajstić information content (AvgIpc) is 2.85. The molecule has 0 bridgehead atoms. The van der Waals surface area contributed by atoms with Crippen molar-refractivity contribution in [3.63, 3.8) is 0 Å². The van der Waals surface area contributed by atoms with Gasteiger partial charge in [0.05, 0.1) is 6.54 Å². The molecule has 1 aliphatic heterocycles. The summed E-state index contributed by atoms with van der Waals surface area (Å²) < 4.78 is 7.54. The molecule has 1 spiro atoms. The molecule has 1 N–H and O–H groups in total. The number of nitrogens with zero attached hydrogens (tertiary/aromatic N) is 2. The number of hydrogen-bond acceptors (Lipinski definition) is 3. The van der Waals surface area contributed by atoms with Crippen molar-refractivity contribution in [2.75, 3.05) is 18.5 Å². The number of anilines is 1. The van der Waals surface area contributed by atoms with Crippen LogP contribution in [-0.4, -0.2) is 34.8 Å². The van der Waals surface area contributed by atoms with Gasteiger partial charge in [0.15, 0.2) is 0 Å². The minimum atomic E-state index is -0.918. The van der Waals surface area contributed by atoms with E-state index >= 15 is 0 Å². The van der Waals surface area contributed by atoms with Gasteiger partial charge in [-0.1, -0.05) is 0 Å². The number of rotatable bonds is 1. The molecular formula is C11H14N2O3. The van der Waals surface area contributed by atoms with Crippen molar-refractivity contribution in [3.8, 4) is 5.88 Å². The van der Waals surface area contributed by atoms with Crippen molar-refractivity contribution in [3.05, 3.63) is 11.8 Å². The molecule has 1 fully saturated rings. The van der Waals surface area contributed by atoms with Gasteiger partial charge in [0, 0.05) is 14.1 Å². The van der Waals surface area contributed by atoms with Gasteiger partial charge in [0.2, 0.25) is 5.88 Å². The van der Waals surface area contributed by atoms with Crippen LogP contribution in [0.15, 0.2) is 6.07 Å². The fraction of sp³-hybridized carbons (Fsp3) is 0.545. The average molecular weight is 222 g/mol. The van der Waals surface area contributed by atoms with E-state index in [1.807, 2.05) is 7.05 Å². The van der Waals surface area contributed by atoms with Crippen LogP contribution in [0.1, 0.15) is 23.3 Å². The first-order valence-corrected chi connectivity index (χ1v) is 5.36. The summed E-state index contributed by atoms with van der Waals surface area (Å²) in [6.07, 6.45) is 2.12. The van der Waals surface area contributed by atoms with Crippen LogP contribution in [0.4, 0.5) is 5.69 Å². The maximum Gasteiger partial charge on any atom is 0.352 e. The summed E-state index contributed by atoms with van der Waals surface area (Å²) in [5, 5.41) is 9.05. The molecule has 16 heavy (non-hydrogen) atoms. The van der Waals surface area contributed by atoms with Crippen LogP contribution in [0.2, 0.25) is 0 Å². The molecule has 0 atom stereocenters. The summed E-state index contributed by atoms with van der Waals surface area (Å²) >= 11 is 0. The Morgan fingerprint density at radius 3 is 2.75 bits per heavy atom. The highest BCUT2D eigenvalue weighted by Crippen LogP contribution is 2.48. The van der Waals surface area contributed by atoms with Gasteiger partial charge in [-0.05, 0) is 18.9 Å². The smallest absolute Gasteiger partial charge is 0.352 e. The number of aromatic carboxylic acids is 1. The van der Waals surface area contributed by atoms with Gasteiger partial charge >= 0.3 is 5.97 Å². The van der Waals surface area contributed by atoms with Crippen molar-refractivity contribution < 1.29 is 14.6 Å². The number of ether oxygens (including phenoxy) is 1. The Kier molecular flexibility index (Phi) is 1.63. The maximum absolute atomic E-state index is 11.0. The van der Waals surface area contributed by atoms with Gasteiger partial charge < -0.3 is 19.3 Å². The second kappa shape index (κ2) is 2.72. The van der Waals surface area contributed by atoms with Crippen LogP contribution in [0.5, 0.6) is 5.88 Å². The molecule has 1 saturated carbocycles. The zero-order valence-corrected chi connectivity index (χ0v) is 9.36. The SMILES string of the molecule is CN1CC2(CC2)Oc2c1cc(C(=O)O)n2C. The molecule has 1 aromatic rings. The Hall–Kier alpha value is -1.65. The third kappa shape index (κ3) is 1.14. The van der Waals surface area contributed by atoms with Gasteiger partial charge in [-0.25, -0.2) is 4.79 Å². The highest BCUT2D eigenvalue weighted by Gasteiger charge is 2.50. The van der Waals surface area contributed by atoms with E-state index < -0.39 is 5.97 Å². The molecule has 0 amide bonds. The van der Waals surface area contributed by atoms with Crippen molar-refractivity contribution in [2.24, 2.45) is 7.05 Å². The quantitative estimate of drug-likeness (QED) is 0.772. The summed E-state index contributed by atoms with van der Waals surface area (Å²) in [6.45, 7) is 0.850. The fourth-order valence-corrected chi connectivity index (χ4v) is 2.32. The van der Waals surface area contributed by atoms with E-state index in [2.05, 4.69) is 4.90 Å². The molecule has 1 aliphatic carbocycles. The standard InChI is InChI=1S/C11H14N2O3/c1-12-6-11(3-4-11)16-9-7(12)5-8(10(14)15)13(9)2/h5H,3-4,6H2,1-2H3,(H,14,15). The third-order valence-electron chi connectivity index (χ3n) is 3.44. The second-order valence-electron chi connectivity index (χ2n) is 4.73. The number of fused-ring (bicyclic) bond motifs is 1. The summed E-state index contributed by atoms with van der Waals surface area (Å²) in [4.78, 5) is 13.1. The van der Waals surface area contributed by atoms with Gasteiger partial charge in [-0.2, -0.15) is 0 Å². The highest BCUT2D eigenvalue weighted by atomic mass is 16.5. The summed E-state index contributed by atoms with van der Waals surface area (Å²) in [6, 6.07) is 1.67. The van der Waals surface area contributed by atoms with Crippen LogP contribution in [0.25, 0.3) is 0 Å². The molecule has 86 valence electrons. The Labute approximate surface area is 93.2 Å². The number of likely N-dealkylation sites (N-methyl/N-ethyl adjacent to an activating group) is 1. The van der Waals surface area contributed by atoms with Crippen molar-refractivity contribution in [1.82, 2.24) is 4.57 Å². The van der Waals surface area contributed by atoms with E-state index in [4.69, 9.17) is 9.84 Å². The lowest BCUT2D eigenvalue weighted by atomic mass is 10.2. The second-order valence-corrected chi connectivity index (χ2v) is 4.73. The van der Waals surface area contributed by atoms with E-state index in [9.17, 15) is 4.79 Å². The van der Waals surface area contributed by atoms with Crippen LogP contribution in [0.3, 0.4) is 0 Å². The molecule has 2 aliphatic rings. The number of hydrogen-bond donors (Lipinski definition) is 1. The maximum atomic E-state index is 11.0. The molecule has 2 heterocycles. The molecule has 5 heteroatoms. The molecular weight excluding hydrogens is 208 g/mol. The minimum absolute atomic E-state index is 0.0519. The first kappa shape index (κ1) is 9.57. The first-order chi connectivity index (χ1) is 7.52. The molecule has 3 rings (SSSR count). The van der Waals surface area contributed by atoms with Gasteiger partial charge in [-0.15, -0.1) is 0 Å². The minimum Gasteiger partial charge on any atom is -0.477 e. The predicted molar refractivity (Wildman–Crippen MR) is 58.2 cm³/mol. The van der Waals surface area contributed by atoms with E-state index in [-0.39, 0.29) is 11.3 Å². The molecule has 0 radical (unpaired) electrons. The van der Waals surface area contributed by atoms with Crippen molar-refractivity contribution >= 4 is 11.7 Å². The molecule has 0 aromatic carbocycles. The molecule has 0 unspecified atom stereocenters. The molecule has 0 saturated heterocycles. The summed E-state index contributed by atoms with van der Waals surface area (Å²) in [5.41, 5.74) is 1.09. The highest BCUT2D eigenvalue weighted by molar-refractivity contribution is 5.89. The van der Waals surface area contributed by atoms with Gasteiger partial charge in [-0.3, -0.25) is 0 Å². The Balaban J connectivity index is 2.10. The van der Waals surface area contributed by atoms with E-state index in [1.165, 1.54) is 0 Å². The Morgan fingerprint density at radius 1 is 1.50 bits per heavy atom. The largest absolute Gasteiger partial charge is 0.477 e. The number of carboxylic acids is 1. The van der Waals surface area contributed by atoms with Crippen molar-refractivity contribution in [1.29, 1.82) is 0 Å². The Bertz CT molecular complexity index is 474. The van der Waals surface area contributed by atoms with E-state index in [0.29, 0.717) is 5.88 Å². The lowest BCUT2D eigenvalue weighted by Gasteiger charge is -2.32. The van der Waals surface area contributed by atoms with Gasteiger partial charge in [0.25, 0.3) is 0 Å². The topological polar surface area (TPSA) is 54.7 Å². The fourth-order valence-electron chi connectivity index (χ4n) is 2.32. The first-order valence-electron chi connectivity index (χ1n) is 5.36.